The van der Waals surface area contributed by atoms with Crippen molar-refractivity contribution >= 4 is 11.6 Å². The number of amides is 1. The molecule has 1 aliphatic rings. The lowest BCUT2D eigenvalue weighted by Gasteiger charge is -2.10. The Balaban J connectivity index is 1.28. The summed E-state index contributed by atoms with van der Waals surface area (Å²) in [6.45, 7) is 3.29. The maximum absolute atomic E-state index is 12.3. The Labute approximate surface area is 175 Å². The molecule has 6 nitrogen and oxygen atoms in total. The molecule has 0 saturated heterocycles. The zero-order valence-electron chi connectivity index (χ0n) is 16.9. The van der Waals surface area contributed by atoms with Crippen LogP contribution in [0.1, 0.15) is 24.0 Å². The van der Waals surface area contributed by atoms with Crippen molar-refractivity contribution in [2.24, 2.45) is 0 Å². The molecule has 0 saturated carbocycles. The van der Waals surface area contributed by atoms with Crippen LogP contribution in [-0.2, 0) is 11.2 Å². The number of benzene rings is 2. The predicted octanol–water partition coefficient (Wildman–Crippen LogP) is 4.91. The molecule has 6 heteroatoms. The summed E-state index contributed by atoms with van der Waals surface area (Å²) >= 11 is 0. The molecule has 0 aliphatic carbocycles. The van der Waals surface area contributed by atoms with Gasteiger partial charge >= 0.3 is 0 Å². The SMILES string of the molecule is Cc1ccc(Oc2ccc(NC(=O)CCc3ccc4c(c3)OCCCO4)cc2)nc1. The number of nitrogens with zero attached hydrogens (tertiary/aromatic N) is 1. The van der Waals surface area contributed by atoms with Gasteiger partial charge in [-0.1, -0.05) is 12.1 Å². The van der Waals surface area contributed by atoms with Gasteiger partial charge in [0.25, 0.3) is 0 Å². The maximum Gasteiger partial charge on any atom is 0.224 e. The van der Waals surface area contributed by atoms with Gasteiger partial charge < -0.3 is 19.5 Å². The third-order valence-electron chi connectivity index (χ3n) is 4.70. The Morgan fingerprint density at radius 1 is 1.03 bits per heavy atom. The first-order valence-electron chi connectivity index (χ1n) is 10.0. The Hall–Kier alpha value is -3.54. The van der Waals surface area contributed by atoms with E-state index in [1.54, 1.807) is 18.3 Å². The average molecular weight is 404 g/mol. The topological polar surface area (TPSA) is 69.7 Å². The van der Waals surface area contributed by atoms with Crippen molar-refractivity contribution in [3.8, 4) is 23.1 Å². The highest BCUT2D eigenvalue weighted by Gasteiger charge is 2.11. The lowest BCUT2D eigenvalue weighted by atomic mass is 10.1. The summed E-state index contributed by atoms with van der Waals surface area (Å²) in [5.74, 6) is 2.67. The molecule has 154 valence electrons. The van der Waals surface area contributed by atoms with Gasteiger partial charge in [-0.05, 0) is 60.9 Å². The Kier molecular flexibility index (Phi) is 6.13. The summed E-state index contributed by atoms with van der Waals surface area (Å²) in [5, 5.41) is 2.92. The van der Waals surface area contributed by atoms with Crippen LogP contribution in [0, 0.1) is 6.92 Å². The molecule has 4 rings (SSSR count). The molecule has 1 aromatic heterocycles. The molecule has 3 aromatic rings. The summed E-state index contributed by atoms with van der Waals surface area (Å²) in [4.78, 5) is 16.5. The highest BCUT2D eigenvalue weighted by Crippen LogP contribution is 2.30. The van der Waals surface area contributed by atoms with Crippen molar-refractivity contribution in [3.63, 3.8) is 0 Å². The van der Waals surface area contributed by atoms with Crippen molar-refractivity contribution < 1.29 is 19.0 Å². The number of hydrogen-bond donors (Lipinski definition) is 1. The van der Waals surface area contributed by atoms with Gasteiger partial charge in [-0.3, -0.25) is 4.79 Å². The van der Waals surface area contributed by atoms with Crippen molar-refractivity contribution in [2.45, 2.75) is 26.2 Å². The number of nitrogens with one attached hydrogen (secondary N) is 1. The van der Waals surface area contributed by atoms with Gasteiger partial charge in [-0.25, -0.2) is 4.98 Å². The van der Waals surface area contributed by atoms with E-state index in [0.29, 0.717) is 37.7 Å². The summed E-state index contributed by atoms with van der Waals surface area (Å²) in [6.07, 6.45) is 3.64. The second-order valence-corrected chi connectivity index (χ2v) is 7.18. The van der Waals surface area contributed by atoms with Gasteiger partial charge in [0.1, 0.15) is 5.75 Å². The van der Waals surface area contributed by atoms with E-state index >= 15 is 0 Å². The zero-order chi connectivity index (χ0) is 20.8. The Morgan fingerprint density at radius 3 is 2.60 bits per heavy atom. The number of pyridine rings is 1. The van der Waals surface area contributed by atoms with E-state index in [2.05, 4.69) is 10.3 Å². The van der Waals surface area contributed by atoms with Gasteiger partial charge in [0.2, 0.25) is 11.8 Å². The number of aryl methyl sites for hydroxylation is 2. The van der Waals surface area contributed by atoms with Crippen LogP contribution in [0.2, 0.25) is 0 Å². The molecule has 2 aromatic carbocycles. The Morgan fingerprint density at radius 2 is 1.83 bits per heavy atom. The first kappa shape index (κ1) is 19.8. The van der Waals surface area contributed by atoms with Gasteiger partial charge in [-0.15, -0.1) is 0 Å². The van der Waals surface area contributed by atoms with Crippen LogP contribution in [0.15, 0.2) is 60.8 Å². The summed E-state index contributed by atoms with van der Waals surface area (Å²) in [6, 6.07) is 16.9. The first-order chi connectivity index (χ1) is 14.7. The molecule has 1 aliphatic heterocycles. The highest BCUT2D eigenvalue weighted by atomic mass is 16.5. The smallest absolute Gasteiger partial charge is 0.224 e. The molecule has 0 radical (unpaired) electrons. The molecular weight excluding hydrogens is 380 g/mol. The minimum absolute atomic E-state index is 0.0454. The quantitative estimate of drug-likeness (QED) is 0.632. The predicted molar refractivity (Wildman–Crippen MR) is 114 cm³/mol. The van der Waals surface area contributed by atoms with Crippen LogP contribution in [0.4, 0.5) is 5.69 Å². The van der Waals surface area contributed by atoms with Crippen molar-refractivity contribution in [2.75, 3.05) is 18.5 Å². The highest BCUT2D eigenvalue weighted by molar-refractivity contribution is 5.90. The summed E-state index contributed by atoms with van der Waals surface area (Å²) in [7, 11) is 0. The van der Waals surface area contributed by atoms with Gasteiger partial charge in [0.15, 0.2) is 11.5 Å². The van der Waals surface area contributed by atoms with E-state index in [1.165, 1.54) is 0 Å². The molecule has 0 unspecified atom stereocenters. The molecule has 1 N–H and O–H groups in total. The number of fused-ring (bicyclic) bond motifs is 1. The molecule has 1 amide bonds. The summed E-state index contributed by atoms with van der Waals surface area (Å²) < 4.78 is 17.1. The average Bonchev–Trinajstić information content (AvgIpc) is 3.00. The number of aromatic nitrogens is 1. The van der Waals surface area contributed by atoms with Crippen molar-refractivity contribution in [1.29, 1.82) is 0 Å². The number of carbonyl (C=O) groups is 1. The zero-order valence-corrected chi connectivity index (χ0v) is 16.9. The van der Waals surface area contributed by atoms with E-state index < -0.39 is 0 Å². The fourth-order valence-corrected chi connectivity index (χ4v) is 3.09. The lowest BCUT2D eigenvalue weighted by Crippen LogP contribution is -2.12. The van der Waals surface area contributed by atoms with E-state index in [0.717, 1.165) is 34.7 Å². The fourth-order valence-electron chi connectivity index (χ4n) is 3.09. The van der Waals surface area contributed by atoms with Gasteiger partial charge in [0.05, 0.1) is 13.2 Å². The van der Waals surface area contributed by atoms with Crippen LogP contribution in [0.5, 0.6) is 23.1 Å². The number of rotatable bonds is 6. The maximum atomic E-state index is 12.3. The number of hydrogen-bond acceptors (Lipinski definition) is 5. The molecule has 30 heavy (non-hydrogen) atoms. The third kappa shape index (κ3) is 5.29. The largest absolute Gasteiger partial charge is 0.490 e. The van der Waals surface area contributed by atoms with Crippen LogP contribution >= 0.6 is 0 Å². The van der Waals surface area contributed by atoms with Crippen molar-refractivity contribution in [3.05, 3.63) is 71.9 Å². The van der Waals surface area contributed by atoms with E-state index in [9.17, 15) is 4.79 Å². The number of anilines is 1. The van der Waals surface area contributed by atoms with Crippen LogP contribution in [-0.4, -0.2) is 24.1 Å². The molecule has 0 bridgehead atoms. The number of ether oxygens (including phenoxy) is 3. The first-order valence-corrected chi connectivity index (χ1v) is 10.0. The Bertz CT molecular complexity index is 1000. The second kappa shape index (κ2) is 9.31. The molecule has 0 fully saturated rings. The molecule has 0 atom stereocenters. The van der Waals surface area contributed by atoms with Crippen molar-refractivity contribution in [1.82, 2.24) is 4.98 Å². The third-order valence-corrected chi connectivity index (χ3v) is 4.70. The van der Waals surface area contributed by atoms with Gasteiger partial charge in [0, 0.05) is 30.8 Å². The monoisotopic (exact) mass is 404 g/mol. The minimum atomic E-state index is -0.0454. The standard InChI is InChI=1S/C24H24N2O4/c1-17-3-12-24(25-16-17)30-20-8-6-19(7-9-20)26-23(27)11-5-18-4-10-21-22(15-18)29-14-2-13-28-21/h3-4,6-10,12,15-16H,2,5,11,13-14H2,1H3,(H,26,27). The minimum Gasteiger partial charge on any atom is -0.490 e. The van der Waals surface area contributed by atoms with E-state index in [4.69, 9.17) is 14.2 Å². The molecule has 0 spiro atoms. The van der Waals surface area contributed by atoms with Crippen LogP contribution in [0.25, 0.3) is 0 Å². The van der Waals surface area contributed by atoms with Gasteiger partial charge in [-0.2, -0.15) is 0 Å². The fraction of sp³-hybridized carbons (Fsp3) is 0.250. The molecular formula is C24H24N2O4. The summed E-state index contributed by atoms with van der Waals surface area (Å²) in [5.41, 5.74) is 2.85. The van der Waals surface area contributed by atoms with E-state index in [-0.39, 0.29) is 5.91 Å². The van der Waals surface area contributed by atoms with E-state index in [1.807, 2.05) is 49.4 Å². The van der Waals surface area contributed by atoms with Crippen LogP contribution in [0.3, 0.4) is 0 Å². The lowest BCUT2D eigenvalue weighted by molar-refractivity contribution is -0.116. The molecule has 2 heterocycles. The van der Waals surface area contributed by atoms with Crippen LogP contribution < -0.4 is 19.5 Å². The number of carbonyl (C=O) groups excluding carboxylic acids is 1. The second-order valence-electron chi connectivity index (χ2n) is 7.18. The normalized spacial score (nSPS) is 12.7.